The Morgan fingerprint density at radius 2 is 1.76 bits per heavy atom. The van der Waals surface area contributed by atoms with Crippen LogP contribution in [0.2, 0.25) is 0 Å². The number of carbonyl (C=O) groups is 2. The van der Waals surface area contributed by atoms with Crippen molar-refractivity contribution in [3.8, 4) is 5.75 Å². The number of ether oxygens (including phenoxy) is 1. The quantitative estimate of drug-likeness (QED) is 0.266. The van der Waals surface area contributed by atoms with E-state index in [0.717, 1.165) is 47.6 Å². The van der Waals surface area contributed by atoms with Gasteiger partial charge in [0.1, 0.15) is 17.6 Å². The third-order valence-corrected chi connectivity index (χ3v) is 7.23. The predicted molar refractivity (Wildman–Crippen MR) is 146 cm³/mol. The summed E-state index contributed by atoms with van der Waals surface area (Å²) in [6.45, 7) is 9.89. The second kappa shape index (κ2) is 9.77. The predicted octanol–water partition coefficient (Wildman–Crippen LogP) is 5.79. The first-order chi connectivity index (χ1) is 17.8. The van der Waals surface area contributed by atoms with Crippen LogP contribution >= 0.6 is 0 Å². The van der Waals surface area contributed by atoms with Crippen molar-refractivity contribution in [2.24, 2.45) is 0 Å². The van der Waals surface area contributed by atoms with Crippen molar-refractivity contribution >= 4 is 28.8 Å². The second-order valence-electron chi connectivity index (χ2n) is 9.73. The van der Waals surface area contributed by atoms with Crippen molar-refractivity contribution in [1.82, 2.24) is 0 Å². The molecule has 2 unspecified atom stereocenters. The standard InChI is InChI=1S/C31H32N2O4/c1-5-32(6-2)24-13-10-21(11-14-24)28-27(29(34)22-12-15-26-23(18-22)17-20(4)37-26)30(35)31(36)33(28)25-9-7-8-19(3)16-25/h7-16,18,20,28,34H,5-6,17H2,1-4H3/b29-27-. The lowest BCUT2D eigenvalue weighted by Crippen LogP contribution is -2.29. The number of aryl methyl sites for hydroxylation is 1. The van der Waals surface area contributed by atoms with E-state index in [2.05, 4.69) is 18.7 Å². The second-order valence-corrected chi connectivity index (χ2v) is 9.73. The molecule has 5 rings (SSSR count). The van der Waals surface area contributed by atoms with Gasteiger partial charge in [-0.2, -0.15) is 0 Å². The highest BCUT2D eigenvalue weighted by molar-refractivity contribution is 6.51. The molecular formula is C31H32N2O4. The molecule has 37 heavy (non-hydrogen) atoms. The fourth-order valence-corrected chi connectivity index (χ4v) is 5.37. The number of fused-ring (bicyclic) bond motifs is 1. The lowest BCUT2D eigenvalue weighted by Gasteiger charge is -2.27. The topological polar surface area (TPSA) is 70.1 Å². The van der Waals surface area contributed by atoms with Crippen molar-refractivity contribution in [3.05, 3.63) is 94.6 Å². The molecule has 6 nitrogen and oxygen atoms in total. The van der Waals surface area contributed by atoms with Gasteiger partial charge in [-0.1, -0.05) is 24.3 Å². The molecule has 2 heterocycles. The van der Waals surface area contributed by atoms with Crippen LogP contribution < -0.4 is 14.5 Å². The van der Waals surface area contributed by atoms with Gasteiger partial charge < -0.3 is 14.7 Å². The summed E-state index contributed by atoms with van der Waals surface area (Å²) in [5.41, 5.74) is 4.99. The van der Waals surface area contributed by atoms with Crippen molar-refractivity contribution < 1.29 is 19.4 Å². The molecule has 1 amide bonds. The fourth-order valence-electron chi connectivity index (χ4n) is 5.37. The van der Waals surface area contributed by atoms with E-state index in [1.54, 1.807) is 6.07 Å². The van der Waals surface area contributed by atoms with E-state index in [0.29, 0.717) is 11.3 Å². The minimum Gasteiger partial charge on any atom is -0.507 e. The van der Waals surface area contributed by atoms with Crippen molar-refractivity contribution in [1.29, 1.82) is 0 Å². The van der Waals surface area contributed by atoms with Crippen LogP contribution in [0.15, 0.2) is 72.3 Å². The highest BCUT2D eigenvalue weighted by Gasteiger charge is 2.47. The molecule has 3 aromatic carbocycles. The first-order valence-electron chi connectivity index (χ1n) is 12.8. The minimum atomic E-state index is -0.754. The van der Waals surface area contributed by atoms with Crippen LogP contribution in [0.3, 0.4) is 0 Å². The van der Waals surface area contributed by atoms with Crippen LogP contribution in [-0.2, 0) is 16.0 Å². The monoisotopic (exact) mass is 496 g/mol. The Balaban J connectivity index is 1.66. The Morgan fingerprint density at radius 3 is 2.43 bits per heavy atom. The molecule has 2 atom stereocenters. The number of nitrogens with zero attached hydrogens (tertiary/aromatic N) is 2. The van der Waals surface area contributed by atoms with Crippen LogP contribution in [0.1, 0.15) is 49.1 Å². The largest absolute Gasteiger partial charge is 0.507 e. The maximum atomic E-state index is 13.5. The van der Waals surface area contributed by atoms with Gasteiger partial charge in [0.15, 0.2) is 0 Å². The van der Waals surface area contributed by atoms with Gasteiger partial charge in [-0.05, 0) is 86.8 Å². The summed E-state index contributed by atoms with van der Waals surface area (Å²) in [4.78, 5) is 30.7. The average Bonchev–Trinajstić information content (AvgIpc) is 3.40. The van der Waals surface area contributed by atoms with E-state index in [-0.39, 0.29) is 17.4 Å². The van der Waals surface area contributed by atoms with Crippen LogP contribution in [-0.4, -0.2) is 36.0 Å². The Hall–Kier alpha value is -4.06. The molecule has 2 aliphatic rings. The first-order valence-corrected chi connectivity index (χ1v) is 12.8. The molecule has 3 aromatic rings. The van der Waals surface area contributed by atoms with E-state index in [9.17, 15) is 14.7 Å². The number of rotatable bonds is 6. The average molecular weight is 497 g/mol. The summed E-state index contributed by atoms with van der Waals surface area (Å²) in [5.74, 6) is -0.730. The Labute approximate surface area is 217 Å². The summed E-state index contributed by atoms with van der Waals surface area (Å²) in [5, 5.41) is 11.5. The van der Waals surface area contributed by atoms with Gasteiger partial charge in [0, 0.05) is 36.4 Å². The van der Waals surface area contributed by atoms with Gasteiger partial charge in [-0.15, -0.1) is 0 Å². The number of hydrogen-bond donors (Lipinski definition) is 1. The number of ketones is 1. The number of amides is 1. The lowest BCUT2D eigenvalue weighted by atomic mass is 9.94. The molecule has 0 bridgehead atoms. The van der Waals surface area contributed by atoms with Gasteiger partial charge in [0.2, 0.25) is 0 Å². The highest BCUT2D eigenvalue weighted by atomic mass is 16.5. The van der Waals surface area contributed by atoms with Crippen LogP contribution in [0, 0.1) is 6.92 Å². The van der Waals surface area contributed by atoms with E-state index in [1.807, 2.05) is 74.5 Å². The molecule has 0 aromatic heterocycles. The van der Waals surface area contributed by atoms with Gasteiger partial charge in [-0.25, -0.2) is 0 Å². The number of hydrogen-bond acceptors (Lipinski definition) is 5. The number of aliphatic hydroxyl groups is 1. The Bertz CT molecular complexity index is 1390. The van der Waals surface area contributed by atoms with Crippen LogP contribution in [0.5, 0.6) is 5.75 Å². The molecular weight excluding hydrogens is 464 g/mol. The van der Waals surface area contributed by atoms with E-state index in [4.69, 9.17) is 4.74 Å². The molecule has 0 spiro atoms. The van der Waals surface area contributed by atoms with Crippen LogP contribution in [0.4, 0.5) is 11.4 Å². The number of aliphatic hydroxyl groups excluding tert-OH is 1. The number of anilines is 2. The molecule has 2 aliphatic heterocycles. The molecule has 1 saturated heterocycles. The van der Waals surface area contributed by atoms with Crippen molar-refractivity contribution in [2.75, 3.05) is 22.9 Å². The van der Waals surface area contributed by atoms with E-state index >= 15 is 0 Å². The summed E-state index contributed by atoms with van der Waals surface area (Å²) in [6, 6.07) is 20.1. The number of carbonyl (C=O) groups excluding carboxylic acids is 2. The zero-order valence-corrected chi connectivity index (χ0v) is 21.7. The van der Waals surface area contributed by atoms with Gasteiger partial charge in [-0.3, -0.25) is 14.5 Å². The fraction of sp³-hybridized carbons (Fsp3) is 0.290. The molecule has 0 saturated carbocycles. The third kappa shape index (κ3) is 4.37. The number of Topliss-reactive ketones (excluding diaryl/α,β-unsaturated/α-hetero) is 1. The summed E-state index contributed by atoms with van der Waals surface area (Å²) in [6.07, 6.45) is 0.785. The van der Waals surface area contributed by atoms with E-state index in [1.165, 1.54) is 4.90 Å². The third-order valence-electron chi connectivity index (χ3n) is 7.23. The van der Waals surface area contributed by atoms with Gasteiger partial charge >= 0.3 is 0 Å². The zero-order valence-electron chi connectivity index (χ0n) is 21.7. The van der Waals surface area contributed by atoms with Gasteiger partial charge in [0.25, 0.3) is 11.7 Å². The van der Waals surface area contributed by atoms with E-state index < -0.39 is 17.7 Å². The van der Waals surface area contributed by atoms with Gasteiger partial charge in [0.05, 0.1) is 11.6 Å². The molecule has 1 fully saturated rings. The zero-order chi connectivity index (χ0) is 26.3. The molecule has 190 valence electrons. The highest BCUT2D eigenvalue weighted by Crippen LogP contribution is 2.43. The maximum absolute atomic E-state index is 13.5. The Kier molecular flexibility index (Phi) is 6.50. The molecule has 6 heteroatoms. The molecule has 0 radical (unpaired) electrons. The lowest BCUT2D eigenvalue weighted by molar-refractivity contribution is -0.132. The molecule has 0 aliphatic carbocycles. The summed E-state index contributed by atoms with van der Waals surface area (Å²) in [7, 11) is 0. The minimum absolute atomic E-state index is 0.0589. The van der Waals surface area contributed by atoms with Crippen LogP contribution in [0.25, 0.3) is 5.76 Å². The molecule has 1 N–H and O–H groups in total. The summed E-state index contributed by atoms with van der Waals surface area (Å²) >= 11 is 0. The summed E-state index contributed by atoms with van der Waals surface area (Å²) < 4.78 is 5.80. The van der Waals surface area contributed by atoms with Crippen molar-refractivity contribution in [2.45, 2.75) is 46.3 Å². The van der Waals surface area contributed by atoms with Crippen molar-refractivity contribution in [3.63, 3.8) is 0 Å². The smallest absolute Gasteiger partial charge is 0.300 e. The number of benzene rings is 3. The maximum Gasteiger partial charge on any atom is 0.300 e. The SMILES string of the molecule is CCN(CC)c1ccc(C2/C(=C(/O)c3ccc4c(c3)CC(C)O4)C(=O)C(=O)N2c2cccc(C)c2)cc1. The first kappa shape index (κ1) is 24.6. The normalized spacial score (nSPS) is 20.2. The Morgan fingerprint density at radius 1 is 1.03 bits per heavy atom.